The van der Waals surface area contributed by atoms with Crippen molar-refractivity contribution in [1.82, 2.24) is 4.90 Å². The summed E-state index contributed by atoms with van der Waals surface area (Å²) in [6.45, 7) is 6.90. The molecule has 0 fully saturated rings. The molecule has 20 heavy (non-hydrogen) atoms. The van der Waals surface area contributed by atoms with Crippen LogP contribution in [0.5, 0.6) is 0 Å². The first-order valence-electron chi connectivity index (χ1n) is 6.25. The second-order valence-electron chi connectivity index (χ2n) is 5.09. The van der Waals surface area contributed by atoms with Crippen LogP contribution in [-0.2, 0) is 6.18 Å². The summed E-state index contributed by atoms with van der Waals surface area (Å²) < 4.78 is 51.6. The summed E-state index contributed by atoms with van der Waals surface area (Å²) in [5, 5.41) is 0. The molecular formula is C14H17F4NO. The monoisotopic (exact) mass is 291 g/mol. The Morgan fingerprint density at radius 2 is 1.60 bits per heavy atom. The van der Waals surface area contributed by atoms with E-state index in [4.69, 9.17) is 0 Å². The van der Waals surface area contributed by atoms with E-state index >= 15 is 0 Å². The first kappa shape index (κ1) is 16.5. The molecule has 0 bridgehead atoms. The minimum absolute atomic E-state index is 0.239. The van der Waals surface area contributed by atoms with E-state index in [2.05, 4.69) is 0 Å². The smallest absolute Gasteiger partial charge is 0.334 e. The van der Waals surface area contributed by atoms with E-state index in [1.54, 1.807) is 27.7 Å². The average Bonchev–Trinajstić information content (AvgIpc) is 2.26. The van der Waals surface area contributed by atoms with Crippen LogP contribution in [0.4, 0.5) is 17.6 Å². The number of benzene rings is 1. The molecule has 0 saturated heterocycles. The first-order chi connectivity index (χ1) is 9.05. The van der Waals surface area contributed by atoms with Gasteiger partial charge in [0.1, 0.15) is 5.82 Å². The summed E-state index contributed by atoms with van der Waals surface area (Å²) in [5.74, 6) is -1.69. The van der Waals surface area contributed by atoms with Gasteiger partial charge in [-0.3, -0.25) is 4.79 Å². The molecule has 0 unspecified atom stereocenters. The van der Waals surface area contributed by atoms with Crippen molar-refractivity contribution in [3.63, 3.8) is 0 Å². The van der Waals surface area contributed by atoms with Gasteiger partial charge >= 0.3 is 6.18 Å². The maximum atomic E-state index is 13.7. The van der Waals surface area contributed by atoms with Gasteiger partial charge in [-0.1, -0.05) is 0 Å². The standard InChI is InChI=1S/C14H17F4NO/c1-8(2)19(9(3)4)13(20)11-7-10(14(16,17)18)5-6-12(11)15/h5-9H,1-4H3. The van der Waals surface area contributed by atoms with Crippen LogP contribution < -0.4 is 0 Å². The van der Waals surface area contributed by atoms with Gasteiger partial charge < -0.3 is 4.90 Å². The molecule has 1 rings (SSSR count). The van der Waals surface area contributed by atoms with Gasteiger partial charge in [-0.25, -0.2) is 4.39 Å². The third-order valence-corrected chi connectivity index (χ3v) is 2.87. The summed E-state index contributed by atoms with van der Waals surface area (Å²) >= 11 is 0. The predicted octanol–water partition coefficient (Wildman–Crippen LogP) is 4.10. The topological polar surface area (TPSA) is 20.3 Å². The summed E-state index contributed by atoms with van der Waals surface area (Å²) in [7, 11) is 0. The van der Waals surface area contributed by atoms with Gasteiger partial charge in [-0.2, -0.15) is 13.2 Å². The van der Waals surface area contributed by atoms with Crippen molar-refractivity contribution in [3.05, 3.63) is 35.1 Å². The van der Waals surface area contributed by atoms with Crippen molar-refractivity contribution < 1.29 is 22.4 Å². The minimum Gasteiger partial charge on any atom is -0.334 e. The Morgan fingerprint density at radius 1 is 1.10 bits per heavy atom. The third-order valence-electron chi connectivity index (χ3n) is 2.87. The zero-order valence-corrected chi connectivity index (χ0v) is 11.8. The van der Waals surface area contributed by atoms with Crippen molar-refractivity contribution in [2.45, 2.75) is 46.0 Å². The second kappa shape index (κ2) is 5.81. The molecule has 0 aliphatic heterocycles. The van der Waals surface area contributed by atoms with E-state index in [9.17, 15) is 22.4 Å². The van der Waals surface area contributed by atoms with Crippen molar-refractivity contribution in [2.75, 3.05) is 0 Å². The minimum atomic E-state index is -4.61. The lowest BCUT2D eigenvalue weighted by Crippen LogP contribution is -2.42. The van der Waals surface area contributed by atoms with Gasteiger partial charge in [0.2, 0.25) is 0 Å². The van der Waals surface area contributed by atoms with Crippen LogP contribution >= 0.6 is 0 Å². The molecule has 0 spiro atoms. The van der Waals surface area contributed by atoms with Gasteiger partial charge in [0.05, 0.1) is 11.1 Å². The average molecular weight is 291 g/mol. The maximum Gasteiger partial charge on any atom is 0.416 e. The lowest BCUT2D eigenvalue weighted by atomic mass is 10.1. The number of amides is 1. The number of hydrogen-bond donors (Lipinski definition) is 0. The Hall–Kier alpha value is -1.59. The molecule has 0 radical (unpaired) electrons. The molecule has 0 saturated carbocycles. The van der Waals surface area contributed by atoms with E-state index in [0.717, 1.165) is 0 Å². The van der Waals surface area contributed by atoms with Crippen LogP contribution in [0.1, 0.15) is 43.6 Å². The largest absolute Gasteiger partial charge is 0.416 e. The third kappa shape index (κ3) is 3.49. The summed E-state index contributed by atoms with van der Waals surface area (Å²) in [5.41, 5.74) is -1.59. The fourth-order valence-electron chi connectivity index (χ4n) is 2.07. The number of alkyl halides is 3. The molecule has 0 heterocycles. The van der Waals surface area contributed by atoms with Gasteiger partial charge in [-0.05, 0) is 45.9 Å². The number of nitrogens with zero attached hydrogens (tertiary/aromatic N) is 1. The fourth-order valence-corrected chi connectivity index (χ4v) is 2.07. The van der Waals surface area contributed by atoms with Crippen LogP contribution in [0.2, 0.25) is 0 Å². The molecular weight excluding hydrogens is 274 g/mol. The molecule has 0 aliphatic carbocycles. The highest BCUT2D eigenvalue weighted by Gasteiger charge is 2.33. The normalized spacial score (nSPS) is 12.1. The van der Waals surface area contributed by atoms with E-state index in [-0.39, 0.29) is 12.1 Å². The molecule has 1 aromatic rings. The number of hydrogen-bond acceptors (Lipinski definition) is 1. The molecule has 1 amide bonds. The van der Waals surface area contributed by atoms with Gasteiger partial charge in [0.25, 0.3) is 5.91 Å². The Labute approximate surface area is 115 Å². The lowest BCUT2D eigenvalue weighted by Gasteiger charge is -2.31. The van der Waals surface area contributed by atoms with E-state index in [1.807, 2.05) is 0 Å². The predicted molar refractivity (Wildman–Crippen MR) is 67.8 cm³/mol. The van der Waals surface area contributed by atoms with Crippen molar-refractivity contribution >= 4 is 5.91 Å². The number of rotatable bonds is 3. The molecule has 1 aromatic carbocycles. The molecule has 0 aliphatic rings. The van der Waals surface area contributed by atoms with Crippen LogP contribution in [0.3, 0.4) is 0 Å². The highest BCUT2D eigenvalue weighted by Crippen LogP contribution is 2.31. The Morgan fingerprint density at radius 3 is 2.00 bits per heavy atom. The Kier molecular flexibility index (Phi) is 4.78. The van der Waals surface area contributed by atoms with Crippen LogP contribution in [-0.4, -0.2) is 22.9 Å². The Balaban J connectivity index is 3.28. The SMILES string of the molecule is CC(C)N(C(=O)c1cc(C(F)(F)F)ccc1F)C(C)C. The zero-order valence-electron chi connectivity index (χ0n) is 11.8. The molecule has 0 N–H and O–H groups in total. The Bertz CT molecular complexity index is 486. The summed E-state index contributed by atoms with van der Waals surface area (Å²) in [6.07, 6.45) is -4.61. The highest BCUT2D eigenvalue weighted by molar-refractivity contribution is 5.95. The van der Waals surface area contributed by atoms with Crippen LogP contribution in [0.25, 0.3) is 0 Å². The lowest BCUT2D eigenvalue weighted by molar-refractivity contribution is -0.137. The van der Waals surface area contributed by atoms with Gasteiger partial charge in [0, 0.05) is 12.1 Å². The van der Waals surface area contributed by atoms with E-state index in [1.165, 1.54) is 4.90 Å². The van der Waals surface area contributed by atoms with Crippen LogP contribution in [0.15, 0.2) is 18.2 Å². The summed E-state index contributed by atoms with van der Waals surface area (Å²) in [4.78, 5) is 13.6. The van der Waals surface area contributed by atoms with Crippen molar-refractivity contribution in [3.8, 4) is 0 Å². The molecule has 6 heteroatoms. The quantitative estimate of drug-likeness (QED) is 0.768. The molecule has 0 aromatic heterocycles. The summed E-state index contributed by atoms with van der Waals surface area (Å²) in [6, 6.07) is 1.39. The van der Waals surface area contributed by atoms with Crippen molar-refractivity contribution in [2.24, 2.45) is 0 Å². The highest BCUT2D eigenvalue weighted by atomic mass is 19.4. The molecule has 0 atom stereocenters. The van der Waals surface area contributed by atoms with Gasteiger partial charge in [0.15, 0.2) is 0 Å². The van der Waals surface area contributed by atoms with E-state index < -0.39 is 29.0 Å². The zero-order chi connectivity index (χ0) is 15.7. The molecule has 2 nitrogen and oxygen atoms in total. The number of halogens is 4. The van der Waals surface area contributed by atoms with Gasteiger partial charge in [-0.15, -0.1) is 0 Å². The number of carbonyl (C=O) groups excluding carboxylic acids is 1. The maximum absolute atomic E-state index is 13.7. The number of carbonyl (C=O) groups is 1. The van der Waals surface area contributed by atoms with Crippen molar-refractivity contribution in [1.29, 1.82) is 0 Å². The second-order valence-corrected chi connectivity index (χ2v) is 5.09. The van der Waals surface area contributed by atoms with Crippen LogP contribution in [0, 0.1) is 5.82 Å². The fraction of sp³-hybridized carbons (Fsp3) is 0.500. The van der Waals surface area contributed by atoms with E-state index in [0.29, 0.717) is 18.2 Å². The molecule has 112 valence electrons. The first-order valence-corrected chi connectivity index (χ1v) is 6.25.